The molecule has 1 fully saturated rings. The molecule has 0 aliphatic carbocycles. The van der Waals surface area contributed by atoms with E-state index in [9.17, 15) is 9.59 Å². The maximum Gasteiger partial charge on any atom is 0.261 e. The van der Waals surface area contributed by atoms with Crippen molar-refractivity contribution in [2.75, 3.05) is 11.7 Å². The maximum atomic E-state index is 12.5. The number of hydrogen-bond donors (Lipinski definition) is 0. The molecule has 0 spiro atoms. The minimum Gasteiger partial charge on any atom is -0.454 e. The van der Waals surface area contributed by atoms with Crippen LogP contribution >= 0.6 is 0 Å². The van der Waals surface area contributed by atoms with Crippen LogP contribution in [0, 0.1) is 0 Å². The average molecular weight is 307 g/mol. The van der Waals surface area contributed by atoms with Crippen LogP contribution in [0.1, 0.15) is 12.0 Å². The van der Waals surface area contributed by atoms with Gasteiger partial charge in [-0.15, -0.1) is 0 Å². The van der Waals surface area contributed by atoms with Crippen LogP contribution < -0.4 is 14.4 Å². The van der Waals surface area contributed by atoms with E-state index in [0.717, 1.165) is 5.56 Å². The summed E-state index contributed by atoms with van der Waals surface area (Å²) >= 11 is 0. The summed E-state index contributed by atoms with van der Waals surface area (Å²) in [4.78, 5) is 25.9. The van der Waals surface area contributed by atoms with Gasteiger partial charge in [-0.2, -0.15) is 0 Å². The Morgan fingerprint density at radius 1 is 0.957 bits per heavy atom. The van der Waals surface area contributed by atoms with Gasteiger partial charge in [-0.3, -0.25) is 9.59 Å². The van der Waals surface area contributed by atoms with Gasteiger partial charge in [-0.1, -0.05) is 24.3 Å². The topological polar surface area (TPSA) is 55.8 Å². The van der Waals surface area contributed by atoms with Crippen molar-refractivity contribution in [2.45, 2.75) is 6.42 Å². The standard InChI is InChI=1S/C18H13NO4/c20-17-10-13(18(21)19(17)14-4-2-1-3-5-14)8-12-6-7-15-16(9-12)23-11-22-15/h1-9H,10-11H2/b13-8+. The molecule has 2 aliphatic rings. The van der Waals surface area contributed by atoms with Crippen LogP contribution in [-0.4, -0.2) is 18.6 Å². The minimum atomic E-state index is -0.279. The first-order chi connectivity index (χ1) is 11.2. The first-order valence-electron chi connectivity index (χ1n) is 7.25. The van der Waals surface area contributed by atoms with Crippen molar-refractivity contribution >= 4 is 23.6 Å². The van der Waals surface area contributed by atoms with Crippen LogP contribution in [-0.2, 0) is 9.59 Å². The van der Waals surface area contributed by atoms with E-state index < -0.39 is 0 Å². The largest absolute Gasteiger partial charge is 0.454 e. The number of imide groups is 1. The lowest BCUT2D eigenvalue weighted by Crippen LogP contribution is -2.28. The Morgan fingerprint density at radius 3 is 2.57 bits per heavy atom. The SMILES string of the molecule is O=C1C/C(=C\c2ccc3c(c2)OCO3)C(=O)N1c1ccccc1. The number of rotatable bonds is 2. The predicted octanol–water partition coefficient (Wildman–Crippen LogP) is 2.76. The first kappa shape index (κ1) is 13.6. The number of benzene rings is 2. The second-order valence-electron chi connectivity index (χ2n) is 5.33. The van der Waals surface area contributed by atoms with Gasteiger partial charge in [0.15, 0.2) is 11.5 Å². The summed E-state index contributed by atoms with van der Waals surface area (Å²) in [6.45, 7) is 0.203. The molecule has 0 unspecified atom stereocenters. The summed E-state index contributed by atoms with van der Waals surface area (Å²) in [5.74, 6) is 0.843. The third kappa shape index (κ3) is 2.36. The van der Waals surface area contributed by atoms with Crippen LogP contribution in [0.2, 0.25) is 0 Å². The number of carbonyl (C=O) groups is 2. The minimum absolute atomic E-state index is 0.0994. The van der Waals surface area contributed by atoms with Crippen LogP contribution in [0.25, 0.3) is 6.08 Å². The molecule has 2 heterocycles. The molecule has 2 aliphatic heterocycles. The van der Waals surface area contributed by atoms with Gasteiger partial charge >= 0.3 is 0 Å². The summed E-state index contributed by atoms with van der Waals surface area (Å²) in [6.07, 6.45) is 1.83. The molecule has 1 saturated heterocycles. The highest BCUT2D eigenvalue weighted by Crippen LogP contribution is 2.34. The molecule has 0 radical (unpaired) electrons. The van der Waals surface area contributed by atoms with Gasteiger partial charge in [0.25, 0.3) is 5.91 Å². The molecule has 0 saturated carbocycles. The van der Waals surface area contributed by atoms with E-state index in [1.165, 1.54) is 4.90 Å². The van der Waals surface area contributed by atoms with Crippen molar-refractivity contribution in [3.8, 4) is 11.5 Å². The molecule has 2 aromatic carbocycles. The molecule has 0 bridgehead atoms. The lowest BCUT2D eigenvalue weighted by Gasteiger charge is -2.12. The quantitative estimate of drug-likeness (QED) is 0.632. The van der Waals surface area contributed by atoms with Gasteiger partial charge in [-0.25, -0.2) is 4.90 Å². The highest BCUT2D eigenvalue weighted by atomic mass is 16.7. The summed E-state index contributed by atoms with van der Waals surface area (Å²) in [5, 5.41) is 0. The third-order valence-electron chi connectivity index (χ3n) is 3.82. The molecule has 114 valence electrons. The van der Waals surface area contributed by atoms with Crippen LogP contribution in [0.5, 0.6) is 11.5 Å². The Kier molecular flexibility index (Phi) is 3.12. The van der Waals surface area contributed by atoms with Crippen LogP contribution in [0.3, 0.4) is 0 Å². The van der Waals surface area contributed by atoms with Crippen molar-refractivity contribution < 1.29 is 19.1 Å². The summed E-state index contributed by atoms with van der Waals surface area (Å²) in [6, 6.07) is 14.4. The van der Waals surface area contributed by atoms with Gasteiger partial charge in [0.2, 0.25) is 12.7 Å². The maximum absolute atomic E-state index is 12.5. The molecule has 5 nitrogen and oxygen atoms in total. The van der Waals surface area contributed by atoms with Gasteiger partial charge in [-0.05, 0) is 35.9 Å². The monoisotopic (exact) mass is 307 g/mol. The van der Waals surface area contributed by atoms with Gasteiger partial charge in [0.1, 0.15) is 0 Å². The average Bonchev–Trinajstić information content (AvgIpc) is 3.13. The van der Waals surface area contributed by atoms with E-state index in [-0.39, 0.29) is 25.0 Å². The fourth-order valence-corrected chi connectivity index (χ4v) is 2.73. The Hall–Kier alpha value is -3.08. The summed E-state index contributed by atoms with van der Waals surface area (Å²) < 4.78 is 10.6. The highest BCUT2D eigenvalue weighted by Gasteiger charge is 2.34. The van der Waals surface area contributed by atoms with E-state index >= 15 is 0 Å². The number of anilines is 1. The molecular weight excluding hydrogens is 294 g/mol. The molecule has 4 rings (SSSR count). The van der Waals surface area contributed by atoms with Crippen molar-refractivity contribution in [1.29, 1.82) is 0 Å². The lowest BCUT2D eigenvalue weighted by molar-refractivity contribution is -0.120. The zero-order valence-electron chi connectivity index (χ0n) is 12.2. The second kappa shape index (κ2) is 5.28. The van der Waals surface area contributed by atoms with Crippen LogP contribution in [0.15, 0.2) is 54.1 Å². The molecule has 5 heteroatoms. The number of amides is 2. The zero-order chi connectivity index (χ0) is 15.8. The van der Waals surface area contributed by atoms with E-state index in [4.69, 9.17) is 9.47 Å². The van der Waals surface area contributed by atoms with Crippen molar-refractivity contribution in [3.63, 3.8) is 0 Å². The lowest BCUT2D eigenvalue weighted by atomic mass is 10.1. The van der Waals surface area contributed by atoms with E-state index in [1.54, 1.807) is 42.5 Å². The molecule has 0 atom stereocenters. The molecular formula is C18H13NO4. The number of ether oxygens (including phenoxy) is 2. The van der Waals surface area contributed by atoms with Crippen molar-refractivity contribution in [1.82, 2.24) is 0 Å². The fraction of sp³-hybridized carbons (Fsp3) is 0.111. The number of carbonyl (C=O) groups excluding carboxylic acids is 2. The molecule has 2 amide bonds. The van der Waals surface area contributed by atoms with Gasteiger partial charge < -0.3 is 9.47 Å². The highest BCUT2D eigenvalue weighted by molar-refractivity contribution is 6.29. The Bertz CT molecular complexity index is 826. The number of nitrogens with zero attached hydrogens (tertiary/aromatic N) is 1. The van der Waals surface area contributed by atoms with E-state index in [0.29, 0.717) is 22.8 Å². The molecule has 2 aromatic rings. The third-order valence-corrected chi connectivity index (χ3v) is 3.82. The van der Waals surface area contributed by atoms with E-state index in [2.05, 4.69) is 0 Å². The molecule has 0 N–H and O–H groups in total. The van der Waals surface area contributed by atoms with Gasteiger partial charge in [0.05, 0.1) is 12.1 Å². The van der Waals surface area contributed by atoms with Crippen LogP contribution in [0.4, 0.5) is 5.69 Å². The second-order valence-corrected chi connectivity index (χ2v) is 5.33. The molecule has 23 heavy (non-hydrogen) atoms. The number of para-hydroxylation sites is 1. The first-order valence-corrected chi connectivity index (χ1v) is 7.25. The van der Waals surface area contributed by atoms with Crippen molar-refractivity contribution in [2.24, 2.45) is 0 Å². The number of fused-ring (bicyclic) bond motifs is 1. The fourth-order valence-electron chi connectivity index (χ4n) is 2.73. The van der Waals surface area contributed by atoms with Crippen molar-refractivity contribution in [3.05, 3.63) is 59.7 Å². The smallest absolute Gasteiger partial charge is 0.261 e. The molecule has 0 aromatic heterocycles. The number of hydrogen-bond acceptors (Lipinski definition) is 4. The predicted molar refractivity (Wildman–Crippen MR) is 84.1 cm³/mol. The van der Waals surface area contributed by atoms with Gasteiger partial charge in [0, 0.05) is 5.57 Å². The Morgan fingerprint density at radius 2 is 1.74 bits per heavy atom. The Labute approximate surface area is 132 Å². The zero-order valence-corrected chi connectivity index (χ0v) is 12.2. The Balaban J connectivity index is 1.65. The summed E-state index contributed by atoms with van der Waals surface area (Å²) in [5.41, 5.74) is 1.87. The summed E-state index contributed by atoms with van der Waals surface area (Å²) in [7, 11) is 0. The van der Waals surface area contributed by atoms with E-state index in [1.807, 2.05) is 12.1 Å². The normalized spacial score (nSPS) is 18.1.